The highest BCUT2D eigenvalue weighted by molar-refractivity contribution is 5.78. The van der Waals surface area contributed by atoms with Crippen molar-refractivity contribution in [1.29, 1.82) is 0 Å². The van der Waals surface area contributed by atoms with E-state index in [1.807, 2.05) is 42.2 Å². The summed E-state index contributed by atoms with van der Waals surface area (Å²) in [5, 5.41) is 8.80. The zero-order chi connectivity index (χ0) is 22.3. The summed E-state index contributed by atoms with van der Waals surface area (Å²) >= 11 is 0. The van der Waals surface area contributed by atoms with Crippen LogP contribution in [-0.2, 0) is 4.79 Å². The van der Waals surface area contributed by atoms with E-state index in [0.29, 0.717) is 38.5 Å². The Labute approximate surface area is 188 Å². The number of benzene rings is 2. The number of anilines is 1. The minimum absolute atomic E-state index is 0.0145. The number of rotatable bonds is 7. The van der Waals surface area contributed by atoms with Crippen LogP contribution in [0.5, 0.6) is 11.5 Å². The lowest BCUT2D eigenvalue weighted by Gasteiger charge is -2.35. The molecule has 1 fully saturated rings. The third-order valence-electron chi connectivity index (χ3n) is 5.43. The van der Waals surface area contributed by atoms with E-state index < -0.39 is 0 Å². The number of aryl methyl sites for hydroxylation is 1. The number of aromatic nitrogens is 2. The van der Waals surface area contributed by atoms with Crippen LogP contribution >= 0.6 is 0 Å². The van der Waals surface area contributed by atoms with Crippen LogP contribution in [0, 0.1) is 6.92 Å². The predicted octanol–water partition coefficient (Wildman–Crippen LogP) is 3.58. The Morgan fingerprint density at radius 3 is 2.28 bits per heavy atom. The molecular formula is C25H28N4O3. The van der Waals surface area contributed by atoms with E-state index in [4.69, 9.17) is 9.47 Å². The van der Waals surface area contributed by atoms with Crippen molar-refractivity contribution in [2.45, 2.75) is 13.8 Å². The molecule has 1 aliphatic rings. The average molecular weight is 433 g/mol. The van der Waals surface area contributed by atoms with Gasteiger partial charge in [-0.15, -0.1) is 10.2 Å². The topological polar surface area (TPSA) is 67.8 Å². The third-order valence-corrected chi connectivity index (χ3v) is 5.43. The second kappa shape index (κ2) is 10.1. The Hall–Kier alpha value is -3.61. The Balaban J connectivity index is 1.27. The molecule has 0 atom stereocenters. The number of carbonyl (C=O) groups is 1. The summed E-state index contributed by atoms with van der Waals surface area (Å²) < 4.78 is 11.1. The predicted molar refractivity (Wildman–Crippen MR) is 124 cm³/mol. The Morgan fingerprint density at radius 1 is 0.906 bits per heavy atom. The Bertz CT molecular complexity index is 1030. The molecule has 0 N–H and O–H groups in total. The second-order valence-corrected chi connectivity index (χ2v) is 7.71. The summed E-state index contributed by atoms with van der Waals surface area (Å²) in [5.74, 6) is 2.18. The van der Waals surface area contributed by atoms with Gasteiger partial charge < -0.3 is 19.3 Å². The number of ether oxygens (including phenoxy) is 2. The minimum Gasteiger partial charge on any atom is -0.494 e. The molecule has 1 aliphatic heterocycles. The summed E-state index contributed by atoms with van der Waals surface area (Å²) in [5.41, 5.74) is 3.13. The van der Waals surface area contributed by atoms with Gasteiger partial charge in [-0.3, -0.25) is 4.79 Å². The number of carbonyl (C=O) groups excluding carboxylic acids is 1. The molecule has 0 unspecified atom stereocenters. The van der Waals surface area contributed by atoms with E-state index in [-0.39, 0.29) is 12.5 Å². The van der Waals surface area contributed by atoms with Crippen LogP contribution < -0.4 is 14.4 Å². The maximum atomic E-state index is 12.6. The molecule has 2 heterocycles. The molecule has 2 aromatic carbocycles. The molecule has 0 spiro atoms. The van der Waals surface area contributed by atoms with Gasteiger partial charge in [0, 0.05) is 37.8 Å². The van der Waals surface area contributed by atoms with Gasteiger partial charge in [0.05, 0.1) is 12.3 Å². The maximum absolute atomic E-state index is 12.6. The molecule has 0 saturated carbocycles. The zero-order valence-electron chi connectivity index (χ0n) is 18.5. The zero-order valence-corrected chi connectivity index (χ0v) is 18.5. The second-order valence-electron chi connectivity index (χ2n) is 7.71. The maximum Gasteiger partial charge on any atom is 0.260 e. The van der Waals surface area contributed by atoms with E-state index in [2.05, 4.69) is 46.3 Å². The summed E-state index contributed by atoms with van der Waals surface area (Å²) in [6, 6.07) is 19.6. The first kappa shape index (κ1) is 21.6. The van der Waals surface area contributed by atoms with Crippen molar-refractivity contribution < 1.29 is 14.3 Å². The highest BCUT2D eigenvalue weighted by atomic mass is 16.5. The Morgan fingerprint density at radius 2 is 1.62 bits per heavy atom. The van der Waals surface area contributed by atoms with Gasteiger partial charge in [0.1, 0.15) is 11.5 Å². The number of hydrogen-bond donors (Lipinski definition) is 0. The van der Waals surface area contributed by atoms with Crippen molar-refractivity contribution in [1.82, 2.24) is 15.1 Å². The first-order valence-electron chi connectivity index (χ1n) is 10.9. The number of amides is 1. The van der Waals surface area contributed by atoms with Gasteiger partial charge >= 0.3 is 0 Å². The molecule has 3 aromatic rings. The van der Waals surface area contributed by atoms with Crippen molar-refractivity contribution in [3.63, 3.8) is 0 Å². The van der Waals surface area contributed by atoms with Crippen LogP contribution in [0.1, 0.15) is 12.5 Å². The first-order chi connectivity index (χ1) is 15.6. The number of nitrogens with zero attached hydrogens (tertiary/aromatic N) is 4. The van der Waals surface area contributed by atoms with E-state index in [9.17, 15) is 4.79 Å². The summed E-state index contributed by atoms with van der Waals surface area (Å²) in [6.07, 6.45) is 0. The smallest absolute Gasteiger partial charge is 0.260 e. The average Bonchev–Trinajstić information content (AvgIpc) is 2.84. The minimum atomic E-state index is -0.0210. The quantitative estimate of drug-likeness (QED) is 0.569. The van der Waals surface area contributed by atoms with Crippen molar-refractivity contribution in [2.24, 2.45) is 0 Å². The molecule has 4 rings (SSSR count). The lowest BCUT2D eigenvalue weighted by Crippen LogP contribution is -2.50. The fourth-order valence-electron chi connectivity index (χ4n) is 3.61. The van der Waals surface area contributed by atoms with Gasteiger partial charge in [-0.25, -0.2) is 0 Å². The summed E-state index contributed by atoms with van der Waals surface area (Å²) in [6.45, 7) is 7.28. The molecule has 1 aromatic heterocycles. The van der Waals surface area contributed by atoms with E-state index in [1.165, 1.54) is 5.56 Å². The molecule has 0 radical (unpaired) electrons. The lowest BCUT2D eigenvalue weighted by atomic mass is 10.1. The normalized spacial score (nSPS) is 13.7. The van der Waals surface area contributed by atoms with Crippen LogP contribution in [0.15, 0.2) is 60.7 Å². The number of piperazine rings is 1. The first-order valence-corrected chi connectivity index (χ1v) is 10.9. The number of hydrogen-bond acceptors (Lipinski definition) is 6. The SMILES string of the molecule is CCOc1cccc(OCC(=O)N2CCN(c3ccc(-c4ccc(C)cc4)nn3)CC2)c1. The van der Waals surface area contributed by atoms with Crippen LogP contribution in [0.3, 0.4) is 0 Å². The van der Waals surface area contributed by atoms with Crippen LogP contribution in [0.4, 0.5) is 5.82 Å². The summed E-state index contributed by atoms with van der Waals surface area (Å²) in [4.78, 5) is 16.6. The van der Waals surface area contributed by atoms with Crippen molar-refractivity contribution in [3.05, 3.63) is 66.2 Å². The molecule has 0 aliphatic carbocycles. The fraction of sp³-hybridized carbons (Fsp3) is 0.320. The molecule has 1 amide bonds. The lowest BCUT2D eigenvalue weighted by molar-refractivity contribution is -0.133. The Kier molecular flexibility index (Phi) is 6.84. The monoisotopic (exact) mass is 432 g/mol. The molecular weight excluding hydrogens is 404 g/mol. The van der Waals surface area contributed by atoms with Gasteiger partial charge in [0.2, 0.25) is 0 Å². The van der Waals surface area contributed by atoms with Gasteiger partial charge in [0.15, 0.2) is 12.4 Å². The fourth-order valence-corrected chi connectivity index (χ4v) is 3.61. The molecule has 32 heavy (non-hydrogen) atoms. The van der Waals surface area contributed by atoms with Gasteiger partial charge in [-0.1, -0.05) is 35.9 Å². The molecule has 0 bridgehead atoms. The summed E-state index contributed by atoms with van der Waals surface area (Å²) in [7, 11) is 0. The van der Waals surface area contributed by atoms with E-state index >= 15 is 0 Å². The van der Waals surface area contributed by atoms with Crippen LogP contribution in [-0.4, -0.2) is 60.4 Å². The highest BCUT2D eigenvalue weighted by Gasteiger charge is 2.22. The van der Waals surface area contributed by atoms with Crippen molar-refractivity contribution in [3.8, 4) is 22.8 Å². The largest absolute Gasteiger partial charge is 0.494 e. The van der Waals surface area contributed by atoms with Gasteiger partial charge in [-0.2, -0.15) is 0 Å². The van der Waals surface area contributed by atoms with Gasteiger partial charge in [-0.05, 0) is 38.1 Å². The van der Waals surface area contributed by atoms with Gasteiger partial charge in [0.25, 0.3) is 5.91 Å². The van der Waals surface area contributed by atoms with Crippen molar-refractivity contribution >= 4 is 11.7 Å². The van der Waals surface area contributed by atoms with E-state index in [1.54, 1.807) is 6.07 Å². The van der Waals surface area contributed by atoms with Crippen LogP contribution in [0.2, 0.25) is 0 Å². The van der Waals surface area contributed by atoms with Crippen molar-refractivity contribution in [2.75, 3.05) is 44.3 Å². The highest BCUT2D eigenvalue weighted by Crippen LogP contribution is 2.21. The third kappa shape index (κ3) is 5.35. The molecule has 7 nitrogen and oxygen atoms in total. The molecule has 1 saturated heterocycles. The van der Waals surface area contributed by atoms with Crippen LogP contribution in [0.25, 0.3) is 11.3 Å². The molecule has 166 valence electrons. The van der Waals surface area contributed by atoms with E-state index in [0.717, 1.165) is 22.8 Å². The molecule has 7 heteroatoms. The standard InChI is InChI=1S/C25H28N4O3/c1-3-31-21-5-4-6-22(17-21)32-18-25(30)29-15-13-28(14-16-29)24-12-11-23(26-27-24)20-9-7-19(2)8-10-20/h4-12,17H,3,13-16,18H2,1-2H3.